The predicted molar refractivity (Wildman–Crippen MR) is 110 cm³/mol. The minimum atomic E-state index is -3.30. The Morgan fingerprint density at radius 1 is 1.14 bits per heavy atom. The van der Waals surface area contributed by atoms with Gasteiger partial charge in [-0.15, -0.1) is 0 Å². The number of thiazole rings is 1. The molecule has 0 atom stereocenters. The number of nitrogens with zero attached hydrogens (tertiary/aromatic N) is 1. The van der Waals surface area contributed by atoms with Crippen molar-refractivity contribution in [2.24, 2.45) is 0 Å². The Hall–Kier alpha value is -2.91. The molecule has 0 radical (unpaired) electrons. The summed E-state index contributed by atoms with van der Waals surface area (Å²) >= 11 is 1.21. The highest BCUT2D eigenvalue weighted by molar-refractivity contribution is 7.90. The fourth-order valence-corrected chi connectivity index (χ4v) is 4.10. The third-order valence-corrected chi connectivity index (χ3v) is 5.91. The molecule has 0 spiro atoms. The number of ether oxygens (including phenoxy) is 2. The van der Waals surface area contributed by atoms with Crippen molar-refractivity contribution in [1.82, 2.24) is 4.98 Å². The summed E-state index contributed by atoms with van der Waals surface area (Å²) in [7, 11) is -0.195. The number of amides is 1. The number of carbonyl (C=O) groups is 1. The largest absolute Gasteiger partial charge is 0.497 e. The summed E-state index contributed by atoms with van der Waals surface area (Å²) in [6.07, 6.45) is 4.13. The lowest BCUT2D eigenvalue weighted by Gasteiger charge is -2.07. The lowest BCUT2D eigenvalue weighted by atomic mass is 10.1. The number of carbonyl (C=O) groups excluding carboxylic acids is 1. The molecule has 0 saturated heterocycles. The van der Waals surface area contributed by atoms with Crippen LogP contribution in [0, 0.1) is 0 Å². The van der Waals surface area contributed by atoms with E-state index < -0.39 is 9.84 Å². The molecule has 0 saturated carbocycles. The first-order chi connectivity index (χ1) is 13.3. The van der Waals surface area contributed by atoms with Crippen LogP contribution in [0.5, 0.6) is 11.5 Å². The highest BCUT2D eigenvalue weighted by Gasteiger charge is 2.11. The van der Waals surface area contributed by atoms with E-state index in [9.17, 15) is 13.2 Å². The van der Waals surface area contributed by atoms with E-state index in [4.69, 9.17) is 9.47 Å². The summed E-state index contributed by atoms with van der Waals surface area (Å²) in [5, 5.41) is 3.07. The van der Waals surface area contributed by atoms with Gasteiger partial charge in [-0.25, -0.2) is 13.4 Å². The van der Waals surface area contributed by atoms with Gasteiger partial charge < -0.3 is 9.47 Å². The van der Waals surface area contributed by atoms with E-state index in [1.807, 2.05) is 0 Å². The molecule has 28 heavy (non-hydrogen) atoms. The minimum Gasteiger partial charge on any atom is -0.497 e. The van der Waals surface area contributed by atoms with Crippen LogP contribution in [0.25, 0.3) is 16.3 Å². The molecule has 1 aromatic heterocycles. The molecule has 0 aliphatic rings. The highest BCUT2D eigenvalue weighted by atomic mass is 32.2. The smallest absolute Gasteiger partial charge is 0.250 e. The Bertz CT molecular complexity index is 1170. The van der Waals surface area contributed by atoms with Crippen LogP contribution in [0.3, 0.4) is 0 Å². The molecular formula is C19H18N2O5S2. The van der Waals surface area contributed by atoms with Gasteiger partial charge in [0, 0.05) is 17.9 Å². The topological polar surface area (TPSA) is 94.6 Å². The number of benzene rings is 2. The molecule has 7 nitrogen and oxygen atoms in total. The zero-order chi connectivity index (χ0) is 20.3. The van der Waals surface area contributed by atoms with Crippen LogP contribution in [-0.2, 0) is 14.6 Å². The predicted octanol–water partition coefficient (Wildman–Crippen LogP) is 3.37. The van der Waals surface area contributed by atoms with E-state index in [2.05, 4.69) is 10.3 Å². The second-order valence-electron chi connectivity index (χ2n) is 5.85. The molecule has 1 heterocycles. The molecule has 3 rings (SSSR count). The second-order valence-corrected chi connectivity index (χ2v) is 8.90. The molecule has 0 bridgehead atoms. The maximum Gasteiger partial charge on any atom is 0.250 e. The molecule has 146 valence electrons. The number of methoxy groups -OCH3 is 2. The van der Waals surface area contributed by atoms with Crippen molar-refractivity contribution in [2.75, 3.05) is 25.8 Å². The van der Waals surface area contributed by atoms with Gasteiger partial charge in [0.1, 0.15) is 11.5 Å². The zero-order valence-electron chi connectivity index (χ0n) is 15.4. The molecule has 9 heteroatoms. The van der Waals surface area contributed by atoms with Gasteiger partial charge in [-0.1, -0.05) is 11.3 Å². The summed E-state index contributed by atoms with van der Waals surface area (Å²) in [5.41, 5.74) is 1.31. The Labute approximate surface area is 166 Å². The number of hydrogen-bond acceptors (Lipinski definition) is 7. The molecule has 0 fully saturated rings. The van der Waals surface area contributed by atoms with Crippen molar-refractivity contribution in [3.63, 3.8) is 0 Å². The van der Waals surface area contributed by atoms with Crippen LogP contribution in [0.1, 0.15) is 5.56 Å². The van der Waals surface area contributed by atoms with Crippen molar-refractivity contribution in [3.8, 4) is 11.5 Å². The molecule has 2 aromatic carbocycles. The van der Waals surface area contributed by atoms with Crippen LogP contribution >= 0.6 is 11.3 Å². The Balaban J connectivity index is 1.79. The monoisotopic (exact) mass is 418 g/mol. The zero-order valence-corrected chi connectivity index (χ0v) is 17.1. The van der Waals surface area contributed by atoms with Crippen molar-refractivity contribution in [3.05, 3.63) is 48.0 Å². The molecule has 1 N–H and O–H groups in total. The maximum atomic E-state index is 12.2. The van der Waals surface area contributed by atoms with Crippen LogP contribution in [-0.4, -0.2) is 39.8 Å². The van der Waals surface area contributed by atoms with Crippen LogP contribution in [0.2, 0.25) is 0 Å². The van der Waals surface area contributed by atoms with Gasteiger partial charge in [0.05, 0.1) is 29.3 Å². The third kappa shape index (κ3) is 4.49. The van der Waals surface area contributed by atoms with Gasteiger partial charge in [-0.2, -0.15) is 0 Å². The molecule has 1 amide bonds. The van der Waals surface area contributed by atoms with Gasteiger partial charge in [0.25, 0.3) is 0 Å². The number of sulfone groups is 1. The summed E-state index contributed by atoms with van der Waals surface area (Å²) in [6, 6.07) is 9.94. The van der Waals surface area contributed by atoms with Crippen LogP contribution < -0.4 is 14.8 Å². The maximum absolute atomic E-state index is 12.2. The Morgan fingerprint density at radius 3 is 2.61 bits per heavy atom. The third-order valence-electron chi connectivity index (χ3n) is 3.87. The van der Waals surface area contributed by atoms with Gasteiger partial charge in [-0.05, 0) is 42.5 Å². The molecular weight excluding hydrogens is 400 g/mol. The van der Waals surface area contributed by atoms with Crippen molar-refractivity contribution < 1.29 is 22.7 Å². The lowest BCUT2D eigenvalue weighted by molar-refractivity contribution is -0.111. The van der Waals surface area contributed by atoms with Crippen molar-refractivity contribution >= 4 is 48.5 Å². The number of anilines is 1. The van der Waals surface area contributed by atoms with Gasteiger partial charge in [0.2, 0.25) is 5.91 Å². The Morgan fingerprint density at radius 2 is 1.93 bits per heavy atom. The van der Waals surface area contributed by atoms with Crippen molar-refractivity contribution in [2.45, 2.75) is 4.90 Å². The first kappa shape index (κ1) is 19.8. The van der Waals surface area contributed by atoms with Gasteiger partial charge in [0.15, 0.2) is 15.0 Å². The SMILES string of the molecule is COc1ccc(OC)c(/C=C/C(=O)Nc2nc3ccc(S(C)(=O)=O)cc3s2)c1. The lowest BCUT2D eigenvalue weighted by Crippen LogP contribution is -2.07. The van der Waals surface area contributed by atoms with Crippen LogP contribution in [0.4, 0.5) is 5.13 Å². The van der Waals surface area contributed by atoms with Crippen LogP contribution in [0.15, 0.2) is 47.4 Å². The quantitative estimate of drug-likeness (QED) is 0.617. The molecule has 3 aromatic rings. The summed E-state index contributed by atoms with van der Waals surface area (Å²) < 4.78 is 34.5. The van der Waals surface area contributed by atoms with E-state index in [1.165, 1.54) is 23.5 Å². The van der Waals surface area contributed by atoms with E-state index in [-0.39, 0.29) is 10.8 Å². The average molecular weight is 418 g/mol. The summed E-state index contributed by atoms with van der Waals surface area (Å²) in [5.74, 6) is 0.888. The number of fused-ring (bicyclic) bond motifs is 1. The van der Waals surface area contributed by atoms with E-state index in [0.717, 1.165) is 6.26 Å². The molecule has 0 unspecified atom stereocenters. The standard InChI is InChI=1S/C19H18N2O5S2/c1-25-13-5-8-16(26-2)12(10-13)4-9-18(22)21-19-20-15-7-6-14(28(3,23)24)11-17(15)27-19/h4-11H,1-3H3,(H,20,21,22)/b9-4+. The number of nitrogens with one attached hydrogen (secondary N) is 1. The Kier molecular flexibility index (Phi) is 5.66. The van der Waals surface area contributed by atoms with Crippen molar-refractivity contribution in [1.29, 1.82) is 0 Å². The number of hydrogen-bond donors (Lipinski definition) is 1. The number of aromatic nitrogens is 1. The number of rotatable bonds is 6. The first-order valence-corrected chi connectivity index (χ1v) is 10.8. The summed E-state index contributed by atoms with van der Waals surface area (Å²) in [4.78, 5) is 16.8. The fraction of sp³-hybridized carbons (Fsp3) is 0.158. The van der Waals surface area contributed by atoms with E-state index in [1.54, 1.807) is 50.6 Å². The highest BCUT2D eigenvalue weighted by Crippen LogP contribution is 2.28. The average Bonchev–Trinajstić information content (AvgIpc) is 3.06. The molecule has 0 aliphatic carbocycles. The van der Waals surface area contributed by atoms with E-state index in [0.29, 0.717) is 32.4 Å². The molecule has 0 aliphatic heterocycles. The minimum absolute atomic E-state index is 0.214. The van der Waals surface area contributed by atoms with E-state index >= 15 is 0 Å². The fourth-order valence-electron chi connectivity index (χ4n) is 2.47. The second kappa shape index (κ2) is 7.99. The van der Waals surface area contributed by atoms with Gasteiger partial charge >= 0.3 is 0 Å². The summed E-state index contributed by atoms with van der Waals surface area (Å²) in [6.45, 7) is 0. The van der Waals surface area contributed by atoms with Gasteiger partial charge in [-0.3, -0.25) is 10.1 Å². The first-order valence-electron chi connectivity index (χ1n) is 8.12. The normalized spacial score (nSPS) is 11.7.